The third-order valence-corrected chi connectivity index (χ3v) is 11.7. The summed E-state index contributed by atoms with van der Waals surface area (Å²) in [6.07, 6.45) is 12.9. The van der Waals surface area contributed by atoms with E-state index in [9.17, 15) is 4.79 Å². The lowest BCUT2D eigenvalue weighted by molar-refractivity contribution is -0.197. The van der Waals surface area contributed by atoms with E-state index in [0.717, 1.165) is 51.7 Å². The quantitative estimate of drug-likeness (QED) is 0.237. The van der Waals surface area contributed by atoms with Gasteiger partial charge in [-0.2, -0.15) is 0 Å². The predicted octanol–water partition coefficient (Wildman–Crippen LogP) is 6.15. The van der Waals surface area contributed by atoms with Gasteiger partial charge in [-0.3, -0.25) is 4.79 Å². The van der Waals surface area contributed by atoms with Gasteiger partial charge < -0.3 is 19.0 Å². The lowest BCUT2D eigenvalue weighted by atomic mass is 9.92. The number of rotatable bonds is 11. The number of unbranched alkanes of at least 4 members (excludes halogenated alkanes) is 1. The Kier molecular flexibility index (Phi) is 10.0. The van der Waals surface area contributed by atoms with Gasteiger partial charge in [0, 0.05) is 25.6 Å². The smallest absolute Gasteiger partial charge is 0.303 e. The molecule has 174 valence electrons. The van der Waals surface area contributed by atoms with Gasteiger partial charge in [-0.15, -0.1) is 0 Å². The first-order valence-electron chi connectivity index (χ1n) is 11.9. The molecule has 0 aromatic carbocycles. The van der Waals surface area contributed by atoms with Gasteiger partial charge in [-0.1, -0.05) is 32.9 Å². The number of aliphatic carboxylic acids is 1. The van der Waals surface area contributed by atoms with Crippen LogP contribution in [0.3, 0.4) is 0 Å². The van der Waals surface area contributed by atoms with E-state index in [2.05, 4.69) is 46.0 Å². The zero-order valence-corrected chi connectivity index (χ0v) is 20.8. The first-order valence-corrected chi connectivity index (χ1v) is 14.8. The Hall–Kier alpha value is -0.693. The minimum atomic E-state index is -1.80. The summed E-state index contributed by atoms with van der Waals surface area (Å²) in [6.45, 7) is 13.1. The Morgan fingerprint density at radius 2 is 1.93 bits per heavy atom. The third-order valence-electron chi connectivity index (χ3n) is 7.18. The van der Waals surface area contributed by atoms with Gasteiger partial charge in [0.2, 0.25) is 0 Å². The van der Waals surface area contributed by atoms with Gasteiger partial charge in [0.05, 0.1) is 6.10 Å². The Balaban J connectivity index is 1.94. The molecule has 0 aromatic rings. The number of carboxylic acids is 1. The summed E-state index contributed by atoms with van der Waals surface area (Å²) in [5.41, 5.74) is 0. The molecule has 0 aromatic heterocycles. The van der Waals surface area contributed by atoms with Crippen molar-refractivity contribution in [2.24, 2.45) is 11.8 Å². The van der Waals surface area contributed by atoms with Crippen LogP contribution in [0.1, 0.15) is 78.6 Å². The molecular formula is C24H44O5Si. The first-order chi connectivity index (χ1) is 14.1. The van der Waals surface area contributed by atoms with Crippen molar-refractivity contribution in [2.75, 3.05) is 13.2 Å². The average Bonchev–Trinajstić information content (AvgIpc) is 3.04. The van der Waals surface area contributed by atoms with Crippen molar-refractivity contribution >= 4 is 14.3 Å². The fourth-order valence-electron chi connectivity index (χ4n) is 4.11. The molecule has 1 N–H and O–H groups in total. The summed E-state index contributed by atoms with van der Waals surface area (Å²) in [5, 5.41) is 8.97. The molecule has 1 aliphatic heterocycles. The summed E-state index contributed by atoms with van der Waals surface area (Å²) in [6, 6.07) is 0. The maximum absolute atomic E-state index is 10.6. The summed E-state index contributed by atoms with van der Waals surface area (Å²) in [5.74, 6) is 0.236. The van der Waals surface area contributed by atoms with Crippen LogP contribution in [0.4, 0.5) is 0 Å². The van der Waals surface area contributed by atoms with Crippen molar-refractivity contribution in [1.29, 1.82) is 0 Å². The number of hydrogen-bond donors (Lipinski definition) is 1. The molecule has 6 heteroatoms. The van der Waals surface area contributed by atoms with Crippen LogP contribution in [0, 0.1) is 11.8 Å². The molecule has 0 amide bonds. The van der Waals surface area contributed by atoms with Gasteiger partial charge in [0.25, 0.3) is 0 Å². The molecule has 4 atom stereocenters. The predicted molar refractivity (Wildman–Crippen MR) is 123 cm³/mol. The summed E-state index contributed by atoms with van der Waals surface area (Å²) in [4.78, 5) is 10.6. The van der Waals surface area contributed by atoms with Crippen LogP contribution in [0.5, 0.6) is 0 Å². The van der Waals surface area contributed by atoms with Crippen molar-refractivity contribution in [1.82, 2.24) is 0 Å². The van der Waals surface area contributed by atoms with E-state index >= 15 is 0 Å². The van der Waals surface area contributed by atoms with E-state index in [1.807, 2.05) is 0 Å². The fourth-order valence-corrected chi connectivity index (χ4v) is 5.15. The van der Waals surface area contributed by atoms with Gasteiger partial charge in [-0.25, -0.2) is 0 Å². The molecular weight excluding hydrogens is 396 g/mol. The Morgan fingerprint density at radius 3 is 2.57 bits per heavy atom. The standard InChI is InChI=1S/C24H44O5Si/c1-24(2,3)30(4,5)28-18-20-19(12-8-6-7-9-13-22(25)26)15-16-21(20)29-23-14-10-11-17-27-23/h6,8,19-21,23H,7,9-18H2,1-5H3,(H,25,26)/b8-6-/t19-,20+,21+,23?/m1/s1. The molecule has 1 saturated carbocycles. The van der Waals surface area contributed by atoms with E-state index < -0.39 is 14.3 Å². The minimum absolute atomic E-state index is 0.0515. The molecule has 30 heavy (non-hydrogen) atoms. The Bertz CT molecular complexity index is 548. The van der Waals surface area contributed by atoms with Gasteiger partial charge in [0.15, 0.2) is 14.6 Å². The molecule has 0 spiro atoms. The lowest BCUT2D eigenvalue weighted by Crippen LogP contribution is -2.43. The summed E-state index contributed by atoms with van der Waals surface area (Å²) < 4.78 is 18.9. The maximum Gasteiger partial charge on any atom is 0.303 e. The highest BCUT2D eigenvalue weighted by Crippen LogP contribution is 2.41. The normalized spacial score (nSPS) is 28.3. The third kappa shape index (κ3) is 8.10. The van der Waals surface area contributed by atoms with Crippen LogP contribution in [0.25, 0.3) is 0 Å². The molecule has 5 nitrogen and oxygen atoms in total. The van der Waals surface area contributed by atoms with Gasteiger partial charge >= 0.3 is 5.97 Å². The number of carboxylic acid groups (broad SMARTS) is 1. The number of hydrogen-bond acceptors (Lipinski definition) is 4. The number of ether oxygens (including phenoxy) is 2. The topological polar surface area (TPSA) is 65.0 Å². The molecule has 1 heterocycles. The Labute approximate surface area is 184 Å². The second-order valence-electron chi connectivity index (χ2n) is 10.5. The molecule has 0 bridgehead atoms. The average molecular weight is 441 g/mol. The monoisotopic (exact) mass is 440 g/mol. The van der Waals surface area contributed by atoms with Crippen molar-refractivity contribution in [3.8, 4) is 0 Å². The second kappa shape index (κ2) is 11.8. The van der Waals surface area contributed by atoms with Crippen LogP contribution in [0.15, 0.2) is 12.2 Å². The van der Waals surface area contributed by atoms with Gasteiger partial charge in [-0.05, 0) is 75.4 Å². The van der Waals surface area contributed by atoms with Gasteiger partial charge in [0.1, 0.15) is 0 Å². The van der Waals surface area contributed by atoms with Crippen LogP contribution in [0.2, 0.25) is 18.1 Å². The maximum atomic E-state index is 10.6. The van der Waals surface area contributed by atoms with Crippen molar-refractivity contribution in [3.63, 3.8) is 0 Å². The number of allylic oxidation sites excluding steroid dienone is 2. The van der Waals surface area contributed by atoms with E-state index in [0.29, 0.717) is 18.3 Å². The van der Waals surface area contributed by atoms with Crippen LogP contribution in [-0.2, 0) is 18.7 Å². The molecule has 2 rings (SSSR count). The highest BCUT2D eigenvalue weighted by Gasteiger charge is 2.42. The van der Waals surface area contributed by atoms with Crippen molar-refractivity contribution in [2.45, 2.75) is 109 Å². The van der Waals surface area contributed by atoms with Crippen molar-refractivity contribution in [3.05, 3.63) is 12.2 Å². The largest absolute Gasteiger partial charge is 0.481 e. The highest BCUT2D eigenvalue weighted by atomic mass is 28.4. The van der Waals surface area contributed by atoms with Crippen molar-refractivity contribution < 1.29 is 23.8 Å². The van der Waals surface area contributed by atoms with E-state index in [1.54, 1.807) is 0 Å². The second-order valence-corrected chi connectivity index (χ2v) is 15.3. The first kappa shape index (κ1) is 25.6. The molecule has 2 fully saturated rings. The zero-order chi connectivity index (χ0) is 22.2. The SMILES string of the molecule is CC(C)(C)[Si](C)(C)OC[C@H]1[C@H](C/C=C\CCCC(=O)O)CC[C@@H]1OC1CCCCO1. The minimum Gasteiger partial charge on any atom is -0.481 e. The van der Waals surface area contributed by atoms with E-state index in [1.165, 1.54) is 6.42 Å². The molecule has 0 radical (unpaired) electrons. The molecule has 2 aliphatic rings. The van der Waals surface area contributed by atoms with Crippen LogP contribution < -0.4 is 0 Å². The molecule has 1 saturated heterocycles. The van der Waals surface area contributed by atoms with Crippen LogP contribution >= 0.6 is 0 Å². The number of carbonyl (C=O) groups is 1. The summed E-state index contributed by atoms with van der Waals surface area (Å²) in [7, 11) is -1.80. The Morgan fingerprint density at radius 1 is 1.17 bits per heavy atom. The van der Waals surface area contributed by atoms with E-state index in [4.69, 9.17) is 19.0 Å². The fraction of sp³-hybridized carbons (Fsp3) is 0.875. The van der Waals surface area contributed by atoms with E-state index in [-0.39, 0.29) is 23.9 Å². The zero-order valence-electron chi connectivity index (χ0n) is 19.8. The molecule has 1 aliphatic carbocycles. The molecule has 1 unspecified atom stereocenters. The van der Waals surface area contributed by atoms with Crippen LogP contribution in [-0.4, -0.2) is 45.0 Å². The highest BCUT2D eigenvalue weighted by molar-refractivity contribution is 6.74. The lowest BCUT2D eigenvalue weighted by Gasteiger charge is -2.38. The summed E-state index contributed by atoms with van der Waals surface area (Å²) >= 11 is 0.